The number of halogens is 1. The maximum atomic E-state index is 11.4. The first kappa shape index (κ1) is 11.0. The molecule has 1 amide bonds. The molecule has 1 fully saturated rings. The Hall–Kier alpha value is -1.55. The van der Waals surface area contributed by atoms with E-state index < -0.39 is 23.7 Å². The molecule has 84 valence electrons. The van der Waals surface area contributed by atoms with Crippen LogP contribution in [0.5, 0.6) is 0 Å². The van der Waals surface area contributed by atoms with E-state index in [1.54, 1.807) is 24.3 Å². The van der Waals surface area contributed by atoms with E-state index in [9.17, 15) is 9.59 Å². The quantitative estimate of drug-likeness (QED) is 0.764. The van der Waals surface area contributed by atoms with Gasteiger partial charge in [0.15, 0.2) is 0 Å². The van der Waals surface area contributed by atoms with E-state index >= 15 is 0 Å². The van der Waals surface area contributed by atoms with Crippen LogP contribution in [0.25, 0.3) is 0 Å². The van der Waals surface area contributed by atoms with Gasteiger partial charge in [0.2, 0.25) is 5.91 Å². The molecule has 16 heavy (non-hydrogen) atoms. The first-order valence-corrected chi connectivity index (χ1v) is 5.24. The third-order valence-electron chi connectivity index (χ3n) is 2.75. The van der Waals surface area contributed by atoms with Crippen molar-refractivity contribution in [2.45, 2.75) is 5.92 Å². The zero-order chi connectivity index (χ0) is 11.7. The maximum absolute atomic E-state index is 11.4. The van der Waals surface area contributed by atoms with Crippen LogP contribution >= 0.6 is 11.6 Å². The van der Waals surface area contributed by atoms with E-state index in [1.807, 2.05) is 0 Å². The van der Waals surface area contributed by atoms with Gasteiger partial charge in [-0.25, -0.2) is 0 Å². The molecule has 0 unspecified atom stereocenters. The predicted octanol–water partition coefficient (Wildman–Crippen LogP) is 1.25. The SMILES string of the molecule is O=C(O)[C@@H]1C(=O)NC[C@H]1c1ccccc1Cl. The molecule has 0 spiro atoms. The van der Waals surface area contributed by atoms with Gasteiger partial charge < -0.3 is 10.4 Å². The molecule has 2 N–H and O–H groups in total. The maximum Gasteiger partial charge on any atom is 0.316 e. The predicted molar refractivity (Wildman–Crippen MR) is 58.3 cm³/mol. The number of carboxylic acids is 1. The van der Waals surface area contributed by atoms with Crippen molar-refractivity contribution in [1.82, 2.24) is 5.32 Å². The number of hydrogen-bond acceptors (Lipinski definition) is 2. The lowest BCUT2D eigenvalue weighted by Crippen LogP contribution is -2.26. The van der Waals surface area contributed by atoms with Crippen LogP contribution in [-0.2, 0) is 9.59 Å². The van der Waals surface area contributed by atoms with Gasteiger partial charge in [-0.15, -0.1) is 0 Å². The van der Waals surface area contributed by atoms with Crippen LogP contribution in [0.3, 0.4) is 0 Å². The zero-order valence-corrected chi connectivity index (χ0v) is 9.07. The van der Waals surface area contributed by atoms with Crippen molar-refractivity contribution in [2.75, 3.05) is 6.54 Å². The molecule has 2 rings (SSSR count). The summed E-state index contributed by atoms with van der Waals surface area (Å²) in [5.41, 5.74) is 0.704. The van der Waals surface area contributed by atoms with E-state index in [0.29, 0.717) is 17.1 Å². The van der Waals surface area contributed by atoms with E-state index in [0.717, 1.165) is 0 Å². The fourth-order valence-electron chi connectivity index (χ4n) is 1.97. The van der Waals surface area contributed by atoms with Crippen molar-refractivity contribution in [3.05, 3.63) is 34.9 Å². The lowest BCUT2D eigenvalue weighted by atomic mass is 9.88. The standard InChI is InChI=1S/C11H10ClNO3/c12-8-4-2-1-3-6(8)7-5-13-10(14)9(7)11(15)16/h1-4,7,9H,5H2,(H,13,14)(H,15,16)/t7-,9-/m0/s1. The Kier molecular flexibility index (Phi) is 2.83. The largest absolute Gasteiger partial charge is 0.481 e. The highest BCUT2D eigenvalue weighted by molar-refractivity contribution is 6.31. The molecule has 1 aromatic carbocycles. The molecular formula is C11H10ClNO3. The summed E-state index contributed by atoms with van der Waals surface area (Å²) in [6.07, 6.45) is 0. The first-order valence-electron chi connectivity index (χ1n) is 4.86. The molecule has 0 aromatic heterocycles. The number of hydrogen-bond donors (Lipinski definition) is 2. The van der Waals surface area contributed by atoms with Gasteiger partial charge in [-0.05, 0) is 11.6 Å². The van der Waals surface area contributed by atoms with Gasteiger partial charge in [-0.2, -0.15) is 0 Å². The van der Waals surface area contributed by atoms with E-state index in [1.165, 1.54) is 0 Å². The number of carbonyl (C=O) groups is 2. The average Bonchev–Trinajstić information content (AvgIpc) is 2.61. The molecule has 5 heteroatoms. The Labute approximate surface area is 97.2 Å². The molecule has 2 atom stereocenters. The molecule has 0 saturated carbocycles. The third-order valence-corrected chi connectivity index (χ3v) is 3.10. The summed E-state index contributed by atoms with van der Waals surface area (Å²) in [6.45, 7) is 0.319. The van der Waals surface area contributed by atoms with Crippen LogP contribution < -0.4 is 5.32 Å². The third kappa shape index (κ3) is 1.76. The van der Waals surface area contributed by atoms with Gasteiger partial charge in [-0.3, -0.25) is 9.59 Å². The van der Waals surface area contributed by atoms with E-state index in [-0.39, 0.29) is 0 Å². The molecule has 0 radical (unpaired) electrons. The minimum Gasteiger partial charge on any atom is -0.481 e. The van der Waals surface area contributed by atoms with Crippen molar-refractivity contribution in [2.24, 2.45) is 5.92 Å². The second kappa shape index (κ2) is 4.14. The van der Waals surface area contributed by atoms with Crippen molar-refractivity contribution >= 4 is 23.5 Å². The number of aliphatic carboxylic acids is 1. The Bertz CT molecular complexity index is 447. The van der Waals surface area contributed by atoms with Gasteiger partial charge in [-0.1, -0.05) is 29.8 Å². The van der Waals surface area contributed by atoms with Crippen LogP contribution in [0.4, 0.5) is 0 Å². The smallest absolute Gasteiger partial charge is 0.316 e. The average molecular weight is 240 g/mol. The van der Waals surface area contributed by atoms with E-state index in [4.69, 9.17) is 16.7 Å². The zero-order valence-electron chi connectivity index (χ0n) is 8.31. The number of carboxylic acid groups (broad SMARTS) is 1. The van der Waals surface area contributed by atoms with Crippen molar-refractivity contribution in [3.63, 3.8) is 0 Å². The van der Waals surface area contributed by atoms with Gasteiger partial charge in [0.1, 0.15) is 5.92 Å². The second-order valence-corrected chi connectivity index (χ2v) is 4.10. The molecule has 1 aromatic rings. The highest BCUT2D eigenvalue weighted by Crippen LogP contribution is 2.33. The fraction of sp³-hybridized carbons (Fsp3) is 0.273. The Morgan fingerprint density at radius 3 is 2.75 bits per heavy atom. The van der Waals surface area contributed by atoms with Crippen LogP contribution in [0.15, 0.2) is 24.3 Å². The summed E-state index contributed by atoms with van der Waals surface area (Å²) in [4.78, 5) is 22.4. The minimum atomic E-state index is -1.11. The highest BCUT2D eigenvalue weighted by atomic mass is 35.5. The van der Waals surface area contributed by atoms with Gasteiger partial charge in [0, 0.05) is 17.5 Å². The summed E-state index contributed by atoms with van der Waals surface area (Å²) in [5, 5.41) is 12.0. The number of benzene rings is 1. The lowest BCUT2D eigenvalue weighted by molar-refractivity contribution is -0.145. The molecular weight excluding hydrogens is 230 g/mol. The van der Waals surface area contributed by atoms with Crippen LogP contribution in [0.1, 0.15) is 11.5 Å². The molecule has 4 nitrogen and oxygen atoms in total. The number of rotatable bonds is 2. The monoisotopic (exact) mass is 239 g/mol. The second-order valence-electron chi connectivity index (χ2n) is 3.69. The van der Waals surface area contributed by atoms with Crippen LogP contribution in [-0.4, -0.2) is 23.5 Å². The molecule has 0 aliphatic carbocycles. The molecule has 1 aliphatic rings. The summed E-state index contributed by atoms with van der Waals surface area (Å²) in [7, 11) is 0. The van der Waals surface area contributed by atoms with E-state index in [2.05, 4.69) is 5.32 Å². The van der Waals surface area contributed by atoms with Crippen LogP contribution in [0.2, 0.25) is 5.02 Å². The lowest BCUT2D eigenvalue weighted by Gasteiger charge is -2.14. The first-order chi connectivity index (χ1) is 7.61. The van der Waals surface area contributed by atoms with Crippen molar-refractivity contribution < 1.29 is 14.7 Å². The molecule has 1 heterocycles. The van der Waals surface area contributed by atoms with Gasteiger partial charge >= 0.3 is 5.97 Å². The summed E-state index contributed by atoms with van der Waals surface area (Å²) in [5.74, 6) is -2.99. The van der Waals surface area contributed by atoms with Gasteiger partial charge in [0.05, 0.1) is 0 Å². The van der Waals surface area contributed by atoms with Gasteiger partial charge in [0.25, 0.3) is 0 Å². The van der Waals surface area contributed by atoms with Crippen LogP contribution in [0, 0.1) is 5.92 Å². The topological polar surface area (TPSA) is 66.4 Å². The Balaban J connectivity index is 2.38. The van der Waals surface area contributed by atoms with Crippen molar-refractivity contribution in [3.8, 4) is 0 Å². The Morgan fingerprint density at radius 1 is 1.44 bits per heavy atom. The molecule has 0 bridgehead atoms. The molecule has 1 saturated heterocycles. The fourth-order valence-corrected chi connectivity index (χ4v) is 2.25. The minimum absolute atomic E-state index is 0.319. The number of carbonyl (C=O) groups excluding carboxylic acids is 1. The Morgan fingerprint density at radius 2 is 2.12 bits per heavy atom. The summed E-state index contributed by atoms with van der Waals surface area (Å²) >= 11 is 5.99. The summed E-state index contributed by atoms with van der Waals surface area (Å²) < 4.78 is 0. The summed E-state index contributed by atoms with van der Waals surface area (Å²) in [6, 6.07) is 7.00. The number of nitrogens with one attached hydrogen (secondary N) is 1. The highest BCUT2D eigenvalue weighted by Gasteiger charge is 2.41. The normalized spacial score (nSPS) is 24.2. The number of amides is 1. The molecule has 1 aliphatic heterocycles. The van der Waals surface area contributed by atoms with Crippen molar-refractivity contribution in [1.29, 1.82) is 0 Å².